The molecule has 0 radical (unpaired) electrons. The Morgan fingerprint density at radius 3 is 2.77 bits per heavy atom. The van der Waals surface area contributed by atoms with Gasteiger partial charge in [0.2, 0.25) is 5.91 Å². The van der Waals surface area contributed by atoms with Gasteiger partial charge in [0, 0.05) is 6.61 Å². The molecule has 0 bridgehead atoms. The van der Waals surface area contributed by atoms with Crippen LogP contribution < -0.4 is 11.1 Å². The fraction of sp³-hybridized carbons (Fsp3) is 0.889. The Bertz CT molecular complexity index is 206. The first-order valence-electron chi connectivity index (χ1n) is 4.65. The van der Waals surface area contributed by atoms with E-state index in [0.29, 0.717) is 6.61 Å². The van der Waals surface area contributed by atoms with Crippen molar-refractivity contribution >= 4 is 5.91 Å². The average molecular weight is 186 g/mol. The maximum atomic E-state index is 11.4. The number of nitrogens with two attached hydrogens (primary N) is 1. The van der Waals surface area contributed by atoms with Gasteiger partial charge in [-0.1, -0.05) is 0 Å². The van der Waals surface area contributed by atoms with E-state index in [0.717, 1.165) is 6.42 Å². The molecule has 0 aliphatic carbocycles. The van der Waals surface area contributed by atoms with Crippen molar-refractivity contribution in [2.45, 2.75) is 44.9 Å². The molecule has 4 heteroatoms. The fourth-order valence-electron chi connectivity index (χ4n) is 1.39. The zero-order chi connectivity index (χ0) is 10.1. The molecule has 1 aliphatic rings. The van der Waals surface area contributed by atoms with Gasteiger partial charge in [0.05, 0.1) is 17.7 Å². The van der Waals surface area contributed by atoms with E-state index in [2.05, 4.69) is 5.32 Å². The molecule has 0 spiro atoms. The lowest BCUT2D eigenvalue weighted by molar-refractivity contribution is -0.124. The molecule has 13 heavy (non-hydrogen) atoms. The summed E-state index contributed by atoms with van der Waals surface area (Å²) in [6.07, 6.45) is 0.919. The second-order valence-corrected chi connectivity index (χ2v) is 3.96. The number of ether oxygens (including phenoxy) is 1. The van der Waals surface area contributed by atoms with Crippen molar-refractivity contribution in [3.8, 4) is 0 Å². The lowest BCUT2D eigenvalue weighted by Gasteiger charge is -2.29. The molecule has 3 atom stereocenters. The molecule has 1 amide bonds. The molecular weight excluding hydrogens is 168 g/mol. The van der Waals surface area contributed by atoms with Crippen LogP contribution in [-0.4, -0.2) is 30.2 Å². The average Bonchev–Trinajstić information content (AvgIpc) is 2.32. The molecule has 1 rings (SSSR count). The van der Waals surface area contributed by atoms with Crippen molar-refractivity contribution in [1.29, 1.82) is 0 Å². The number of nitrogens with one attached hydrogen (secondary N) is 1. The van der Waals surface area contributed by atoms with Gasteiger partial charge in [-0.05, 0) is 27.2 Å². The SMILES string of the molecule is CC(N)C(=O)NC1(C)CCOC1C. The van der Waals surface area contributed by atoms with Gasteiger partial charge >= 0.3 is 0 Å². The molecule has 0 saturated carbocycles. The van der Waals surface area contributed by atoms with Crippen LogP contribution in [0, 0.1) is 0 Å². The van der Waals surface area contributed by atoms with Gasteiger partial charge < -0.3 is 15.8 Å². The predicted molar refractivity (Wildman–Crippen MR) is 50.2 cm³/mol. The number of amides is 1. The summed E-state index contributed by atoms with van der Waals surface area (Å²) < 4.78 is 5.39. The Morgan fingerprint density at radius 1 is 1.77 bits per heavy atom. The van der Waals surface area contributed by atoms with Crippen LogP contribution in [0.2, 0.25) is 0 Å². The Hall–Kier alpha value is -0.610. The number of hydrogen-bond donors (Lipinski definition) is 2. The monoisotopic (exact) mass is 186 g/mol. The van der Waals surface area contributed by atoms with E-state index in [1.807, 2.05) is 13.8 Å². The summed E-state index contributed by atoms with van der Waals surface area (Å²) in [5.41, 5.74) is 5.22. The first-order chi connectivity index (χ1) is 5.96. The molecule has 0 aromatic carbocycles. The molecule has 4 nitrogen and oxygen atoms in total. The summed E-state index contributed by atoms with van der Waals surface area (Å²) >= 11 is 0. The summed E-state index contributed by atoms with van der Waals surface area (Å²) in [5.74, 6) is -0.111. The van der Waals surface area contributed by atoms with Gasteiger partial charge in [0.25, 0.3) is 0 Å². The molecule has 1 fully saturated rings. The number of carbonyl (C=O) groups is 1. The molecule has 0 aromatic rings. The molecule has 3 unspecified atom stereocenters. The topological polar surface area (TPSA) is 64.4 Å². The van der Waals surface area contributed by atoms with Crippen LogP contribution in [0.3, 0.4) is 0 Å². The minimum atomic E-state index is -0.454. The summed E-state index contributed by atoms with van der Waals surface area (Å²) in [4.78, 5) is 11.4. The highest BCUT2D eigenvalue weighted by atomic mass is 16.5. The summed E-state index contributed by atoms with van der Waals surface area (Å²) in [6, 6.07) is -0.454. The zero-order valence-electron chi connectivity index (χ0n) is 8.46. The molecule has 3 N–H and O–H groups in total. The summed E-state index contributed by atoms with van der Waals surface area (Å²) in [7, 11) is 0. The van der Waals surface area contributed by atoms with E-state index in [4.69, 9.17) is 10.5 Å². The van der Waals surface area contributed by atoms with Crippen molar-refractivity contribution in [2.24, 2.45) is 5.73 Å². The Kier molecular flexibility index (Phi) is 2.93. The third kappa shape index (κ3) is 2.19. The molecular formula is C9H18N2O2. The minimum absolute atomic E-state index is 0.0650. The van der Waals surface area contributed by atoms with Gasteiger partial charge in [-0.15, -0.1) is 0 Å². The van der Waals surface area contributed by atoms with Gasteiger partial charge in [-0.3, -0.25) is 4.79 Å². The van der Waals surface area contributed by atoms with Crippen molar-refractivity contribution in [2.75, 3.05) is 6.61 Å². The van der Waals surface area contributed by atoms with E-state index in [1.54, 1.807) is 6.92 Å². The second-order valence-electron chi connectivity index (χ2n) is 3.96. The third-order valence-electron chi connectivity index (χ3n) is 2.71. The molecule has 1 aliphatic heterocycles. The fourth-order valence-corrected chi connectivity index (χ4v) is 1.39. The smallest absolute Gasteiger partial charge is 0.237 e. The van der Waals surface area contributed by atoms with Crippen LogP contribution >= 0.6 is 0 Å². The van der Waals surface area contributed by atoms with Crippen molar-refractivity contribution < 1.29 is 9.53 Å². The number of carbonyl (C=O) groups excluding carboxylic acids is 1. The maximum Gasteiger partial charge on any atom is 0.237 e. The van der Waals surface area contributed by atoms with E-state index in [1.165, 1.54) is 0 Å². The number of rotatable bonds is 2. The van der Waals surface area contributed by atoms with Crippen LogP contribution in [0.15, 0.2) is 0 Å². The lowest BCUT2D eigenvalue weighted by atomic mass is 9.94. The Balaban J connectivity index is 2.56. The summed E-state index contributed by atoms with van der Waals surface area (Å²) in [6.45, 7) is 6.34. The highest BCUT2D eigenvalue weighted by Gasteiger charge is 2.38. The van der Waals surface area contributed by atoms with E-state index in [-0.39, 0.29) is 17.6 Å². The number of hydrogen-bond acceptors (Lipinski definition) is 3. The van der Waals surface area contributed by atoms with E-state index < -0.39 is 6.04 Å². The highest BCUT2D eigenvalue weighted by molar-refractivity contribution is 5.81. The minimum Gasteiger partial charge on any atom is -0.376 e. The Labute approximate surface area is 78.8 Å². The normalized spacial score (nSPS) is 35.8. The van der Waals surface area contributed by atoms with Crippen LogP contribution in [0.5, 0.6) is 0 Å². The van der Waals surface area contributed by atoms with Crippen molar-refractivity contribution in [3.05, 3.63) is 0 Å². The largest absolute Gasteiger partial charge is 0.376 e. The molecule has 0 aromatic heterocycles. The van der Waals surface area contributed by atoms with Crippen LogP contribution in [-0.2, 0) is 9.53 Å². The van der Waals surface area contributed by atoms with Gasteiger partial charge in [0.15, 0.2) is 0 Å². The van der Waals surface area contributed by atoms with Crippen LogP contribution in [0.4, 0.5) is 0 Å². The van der Waals surface area contributed by atoms with Crippen molar-refractivity contribution in [1.82, 2.24) is 5.32 Å². The third-order valence-corrected chi connectivity index (χ3v) is 2.71. The quantitative estimate of drug-likeness (QED) is 0.639. The van der Waals surface area contributed by atoms with E-state index in [9.17, 15) is 4.79 Å². The van der Waals surface area contributed by atoms with Crippen LogP contribution in [0.1, 0.15) is 27.2 Å². The molecule has 1 heterocycles. The standard InChI is InChI=1S/C9H18N2O2/c1-6(10)8(12)11-9(3)4-5-13-7(9)2/h6-7H,4-5,10H2,1-3H3,(H,11,12). The second kappa shape index (κ2) is 3.64. The zero-order valence-corrected chi connectivity index (χ0v) is 8.46. The highest BCUT2D eigenvalue weighted by Crippen LogP contribution is 2.24. The van der Waals surface area contributed by atoms with Gasteiger partial charge in [0.1, 0.15) is 0 Å². The van der Waals surface area contributed by atoms with Crippen molar-refractivity contribution in [3.63, 3.8) is 0 Å². The first kappa shape index (κ1) is 10.5. The van der Waals surface area contributed by atoms with E-state index >= 15 is 0 Å². The first-order valence-corrected chi connectivity index (χ1v) is 4.65. The van der Waals surface area contributed by atoms with Crippen LogP contribution in [0.25, 0.3) is 0 Å². The Morgan fingerprint density at radius 2 is 2.38 bits per heavy atom. The van der Waals surface area contributed by atoms with Gasteiger partial charge in [-0.2, -0.15) is 0 Å². The lowest BCUT2D eigenvalue weighted by Crippen LogP contribution is -2.54. The summed E-state index contributed by atoms with van der Waals surface area (Å²) in [5, 5.41) is 2.92. The maximum absolute atomic E-state index is 11.4. The molecule has 76 valence electrons. The predicted octanol–water partition coefficient (Wildman–Crippen LogP) is 0.0173. The molecule has 1 saturated heterocycles. The van der Waals surface area contributed by atoms with Gasteiger partial charge in [-0.25, -0.2) is 0 Å².